The van der Waals surface area contributed by atoms with Crippen molar-refractivity contribution in [2.75, 3.05) is 25.5 Å². The third-order valence-electron chi connectivity index (χ3n) is 4.86. The van der Waals surface area contributed by atoms with E-state index < -0.39 is 5.97 Å². The molecule has 1 aliphatic heterocycles. The fourth-order valence-corrected chi connectivity index (χ4v) is 3.44. The molecule has 138 valence electrons. The highest BCUT2D eigenvalue weighted by Crippen LogP contribution is 2.32. The number of nitrogens with one attached hydrogen (secondary N) is 1. The number of nitrogens with zero attached hydrogens (tertiary/aromatic N) is 4. The number of aromatic nitrogens is 3. The van der Waals surface area contributed by atoms with Gasteiger partial charge in [0.15, 0.2) is 5.82 Å². The second-order valence-electron chi connectivity index (χ2n) is 6.79. The Bertz CT molecular complexity index is 954. The Kier molecular flexibility index (Phi) is 4.60. The number of carbonyl (C=O) groups is 1. The van der Waals surface area contributed by atoms with Gasteiger partial charge in [-0.2, -0.15) is 5.10 Å². The third-order valence-corrected chi connectivity index (χ3v) is 4.86. The van der Waals surface area contributed by atoms with Crippen LogP contribution in [0.15, 0.2) is 55.0 Å². The molecule has 4 rings (SSSR count). The Morgan fingerprint density at radius 2 is 2.07 bits per heavy atom. The summed E-state index contributed by atoms with van der Waals surface area (Å²) in [6.45, 7) is 1.99. The van der Waals surface area contributed by atoms with E-state index in [9.17, 15) is 9.90 Å². The van der Waals surface area contributed by atoms with E-state index >= 15 is 0 Å². The summed E-state index contributed by atoms with van der Waals surface area (Å²) in [5, 5.41) is 17.4. The molecule has 0 amide bonds. The lowest BCUT2D eigenvalue weighted by molar-refractivity contribution is 0.0698. The molecule has 1 saturated heterocycles. The van der Waals surface area contributed by atoms with E-state index in [-0.39, 0.29) is 5.56 Å². The van der Waals surface area contributed by atoms with Gasteiger partial charge in [-0.1, -0.05) is 30.3 Å². The first-order chi connectivity index (χ1) is 13.1. The number of likely N-dealkylation sites (N-methyl/N-ethyl adjacent to an activating group) is 1. The molecule has 0 radical (unpaired) electrons. The number of likely N-dealkylation sites (tertiary alicyclic amines) is 1. The van der Waals surface area contributed by atoms with Crippen LogP contribution in [0.5, 0.6) is 0 Å². The summed E-state index contributed by atoms with van der Waals surface area (Å²) in [6.07, 6.45) is 6.07. The summed E-state index contributed by atoms with van der Waals surface area (Å²) >= 11 is 0. The molecule has 1 fully saturated rings. The summed E-state index contributed by atoms with van der Waals surface area (Å²) in [5.74, 6) is -0.371. The van der Waals surface area contributed by atoms with Gasteiger partial charge in [-0.25, -0.2) is 4.79 Å². The Labute approximate surface area is 157 Å². The van der Waals surface area contributed by atoms with Crippen molar-refractivity contribution in [3.05, 3.63) is 60.6 Å². The van der Waals surface area contributed by atoms with Crippen LogP contribution < -0.4 is 5.32 Å². The second-order valence-corrected chi connectivity index (χ2v) is 6.79. The number of benzene rings is 1. The van der Waals surface area contributed by atoms with E-state index in [1.807, 2.05) is 41.2 Å². The van der Waals surface area contributed by atoms with Crippen molar-refractivity contribution in [1.29, 1.82) is 0 Å². The lowest BCUT2D eigenvalue weighted by Gasteiger charge is -2.11. The van der Waals surface area contributed by atoms with Gasteiger partial charge >= 0.3 is 5.97 Å². The Morgan fingerprint density at radius 1 is 1.26 bits per heavy atom. The standard InChI is InChI=1S/C20H21N5O2/c1-24-10-8-15(12-24)25-13-17(14-5-3-2-4-6-14)19(23-25)22-18-11-21-9-7-16(18)20(26)27/h2-7,9,11,13,15H,8,10,12H2,1H3,(H,22,23)(H,26,27)/t15-/m0/s1. The number of pyridine rings is 1. The molecule has 0 saturated carbocycles. The van der Waals surface area contributed by atoms with Crippen LogP contribution in [0.25, 0.3) is 11.1 Å². The third kappa shape index (κ3) is 3.54. The van der Waals surface area contributed by atoms with Crippen molar-refractivity contribution in [3.63, 3.8) is 0 Å². The predicted molar refractivity (Wildman–Crippen MR) is 103 cm³/mol. The minimum atomic E-state index is -1.00. The lowest BCUT2D eigenvalue weighted by Crippen LogP contribution is -2.16. The van der Waals surface area contributed by atoms with Crippen LogP contribution in [-0.4, -0.2) is 50.9 Å². The van der Waals surface area contributed by atoms with Gasteiger partial charge in [0.1, 0.15) is 0 Å². The summed E-state index contributed by atoms with van der Waals surface area (Å²) in [5.41, 5.74) is 2.55. The van der Waals surface area contributed by atoms with Gasteiger partial charge in [0.25, 0.3) is 0 Å². The number of hydrogen-bond donors (Lipinski definition) is 2. The second kappa shape index (κ2) is 7.20. The van der Waals surface area contributed by atoms with Crippen LogP contribution in [0, 0.1) is 0 Å². The molecule has 7 heteroatoms. The first kappa shape index (κ1) is 17.2. The zero-order chi connectivity index (χ0) is 18.8. The minimum Gasteiger partial charge on any atom is -0.478 e. The van der Waals surface area contributed by atoms with E-state index in [1.54, 1.807) is 0 Å². The van der Waals surface area contributed by atoms with Crippen molar-refractivity contribution in [1.82, 2.24) is 19.7 Å². The highest BCUT2D eigenvalue weighted by Gasteiger charge is 2.24. The maximum absolute atomic E-state index is 11.5. The van der Waals surface area contributed by atoms with E-state index in [4.69, 9.17) is 5.10 Å². The van der Waals surface area contributed by atoms with E-state index in [0.29, 0.717) is 17.5 Å². The zero-order valence-corrected chi connectivity index (χ0v) is 15.0. The van der Waals surface area contributed by atoms with Crippen LogP contribution in [-0.2, 0) is 0 Å². The molecule has 1 atom stereocenters. The van der Waals surface area contributed by atoms with Gasteiger partial charge in [0, 0.05) is 24.5 Å². The van der Waals surface area contributed by atoms with Crippen molar-refractivity contribution >= 4 is 17.5 Å². The normalized spacial score (nSPS) is 17.1. The summed E-state index contributed by atoms with van der Waals surface area (Å²) < 4.78 is 1.99. The molecule has 0 bridgehead atoms. The predicted octanol–water partition coefficient (Wildman–Crippen LogP) is 3.26. The van der Waals surface area contributed by atoms with Gasteiger partial charge in [0.2, 0.25) is 0 Å². The Morgan fingerprint density at radius 3 is 2.78 bits per heavy atom. The largest absolute Gasteiger partial charge is 0.478 e. The lowest BCUT2D eigenvalue weighted by atomic mass is 10.1. The number of hydrogen-bond acceptors (Lipinski definition) is 5. The molecule has 0 spiro atoms. The molecule has 2 N–H and O–H groups in total. The van der Waals surface area contributed by atoms with E-state index in [0.717, 1.165) is 30.6 Å². The molecule has 27 heavy (non-hydrogen) atoms. The number of rotatable bonds is 5. The van der Waals surface area contributed by atoms with Crippen LogP contribution in [0.3, 0.4) is 0 Å². The molecule has 1 aliphatic rings. The van der Waals surface area contributed by atoms with Crippen molar-refractivity contribution in [2.45, 2.75) is 12.5 Å². The molecular formula is C20H21N5O2. The van der Waals surface area contributed by atoms with Gasteiger partial charge in [0.05, 0.1) is 23.5 Å². The number of carboxylic acids is 1. The molecule has 2 aromatic heterocycles. The molecule has 1 aromatic carbocycles. The highest BCUT2D eigenvalue weighted by atomic mass is 16.4. The first-order valence-electron chi connectivity index (χ1n) is 8.89. The summed E-state index contributed by atoms with van der Waals surface area (Å²) in [7, 11) is 2.11. The van der Waals surface area contributed by atoms with Crippen molar-refractivity contribution < 1.29 is 9.90 Å². The number of anilines is 2. The topological polar surface area (TPSA) is 83.3 Å². The number of carboxylic acid groups (broad SMARTS) is 1. The smallest absolute Gasteiger partial charge is 0.337 e. The van der Waals surface area contributed by atoms with Crippen molar-refractivity contribution in [3.8, 4) is 11.1 Å². The van der Waals surface area contributed by atoms with E-state index in [2.05, 4.69) is 22.2 Å². The maximum Gasteiger partial charge on any atom is 0.337 e. The molecule has 3 aromatic rings. The van der Waals surface area contributed by atoms with Gasteiger partial charge in [-0.15, -0.1) is 0 Å². The van der Waals surface area contributed by atoms with Crippen LogP contribution in [0.4, 0.5) is 11.5 Å². The molecule has 3 heterocycles. The Balaban J connectivity index is 1.75. The summed E-state index contributed by atoms with van der Waals surface area (Å²) in [6, 6.07) is 11.8. The SMILES string of the molecule is CN1CC[C@H](n2cc(-c3ccccc3)c(Nc3cnccc3C(=O)O)n2)C1. The van der Waals surface area contributed by atoms with Crippen LogP contribution in [0.2, 0.25) is 0 Å². The van der Waals surface area contributed by atoms with Crippen LogP contribution >= 0.6 is 0 Å². The minimum absolute atomic E-state index is 0.166. The van der Waals surface area contributed by atoms with Gasteiger partial charge in [-0.3, -0.25) is 9.67 Å². The average Bonchev–Trinajstić information content (AvgIpc) is 3.29. The average molecular weight is 363 g/mol. The zero-order valence-electron chi connectivity index (χ0n) is 15.0. The first-order valence-corrected chi connectivity index (χ1v) is 8.89. The van der Waals surface area contributed by atoms with E-state index in [1.165, 1.54) is 18.5 Å². The Hall–Kier alpha value is -3.19. The van der Waals surface area contributed by atoms with Gasteiger partial charge in [-0.05, 0) is 31.6 Å². The fourth-order valence-electron chi connectivity index (χ4n) is 3.44. The highest BCUT2D eigenvalue weighted by molar-refractivity contribution is 5.95. The quantitative estimate of drug-likeness (QED) is 0.724. The fraction of sp³-hybridized carbons (Fsp3) is 0.250. The molecule has 0 unspecified atom stereocenters. The molecule has 0 aliphatic carbocycles. The maximum atomic E-state index is 11.5. The summed E-state index contributed by atoms with van der Waals surface area (Å²) in [4.78, 5) is 17.9. The van der Waals surface area contributed by atoms with Gasteiger partial charge < -0.3 is 15.3 Å². The van der Waals surface area contributed by atoms with Crippen LogP contribution in [0.1, 0.15) is 22.8 Å². The van der Waals surface area contributed by atoms with Crippen molar-refractivity contribution in [2.24, 2.45) is 0 Å². The molecular weight excluding hydrogens is 342 g/mol. The molecule has 7 nitrogen and oxygen atoms in total. The monoisotopic (exact) mass is 363 g/mol. The number of aromatic carboxylic acids is 1.